The van der Waals surface area contributed by atoms with Gasteiger partial charge in [0.2, 0.25) is 0 Å². The van der Waals surface area contributed by atoms with Crippen LogP contribution in [0.1, 0.15) is 0 Å². The van der Waals surface area contributed by atoms with Gasteiger partial charge in [-0.15, -0.1) is 0 Å². The van der Waals surface area contributed by atoms with Gasteiger partial charge in [0.25, 0.3) is 10.1 Å². The van der Waals surface area contributed by atoms with Gasteiger partial charge in [-0.05, 0) is 12.1 Å². The Morgan fingerprint density at radius 2 is 1.81 bits per heavy atom. The lowest BCUT2D eigenvalue weighted by Gasteiger charge is -2.29. The van der Waals surface area contributed by atoms with Gasteiger partial charge in [-0.25, -0.2) is 0 Å². The molecule has 88 valence electrons. The van der Waals surface area contributed by atoms with Gasteiger partial charge in [0.05, 0.1) is 18.9 Å². The summed E-state index contributed by atoms with van der Waals surface area (Å²) in [5, 5.41) is 0. The Balaban J connectivity index is 2.40. The maximum absolute atomic E-state index is 11.2. The van der Waals surface area contributed by atoms with Crippen molar-refractivity contribution in [2.75, 3.05) is 31.2 Å². The van der Waals surface area contributed by atoms with Gasteiger partial charge in [-0.3, -0.25) is 4.55 Å². The number of ether oxygens (including phenoxy) is 1. The molecule has 16 heavy (non-hydrogen) atoms. The summed E-state index contributed by atoms with van der Waals surface area (Å²) in [4.78, 5) is 1.85. The number of hydrogen-bond acceptors (Lipinski definition) is 4. The van der Waals surface area contributed by atoms with Crippen LogP contribution >= 0.6 is 0 Å². The third kappa shape index (κ3) is 2.34. The van der Waals surface area contributed by atoms with Gasteiger partial charge in [-0.1, -0.05) is 12.1 Å². The Labute approximate surface area is 94.4 Å². The molecule has 0 amide bonds. The first-order valence-electron chi connectivity index (χ1n) is 4.98. The summed E-state index contributed by atoms with van der Waals surface area (Å²) in [6.07, 6.45) is 0. The van der Waals surface area contributed by atoms with Crippen molar-refractivity contribution in [3.05, 3.63) is 24.3 Å². The van der Waals surface area contributed by atoms with E-state index in [1.807, 2.05) is 4.90 Å². The van der Waals surface area contributed by atoms with Crippen molar-refractivity contribution in [1.29, 1.82) is 0 Å². The lowest BCUT2D eigenvalue weighted by molar-refractivity contribution is 0.122. The van der Waals surface area contributed by atoms with Gasteiger partial charge in [0.15, 0.2) is 0 Å². The van der Waals surface area contributed by atoms with Gasteiger partial charge < -0.3 is 9.64 Å². The molecule has 1 aliphatic rings. The number of nitrogens with zero attached hydrogens (tertiary/aromatic N) is 1. The van der Waals surface area contributed by atoms with Crippen LogP contribution in [0.15, 0.2) is 29.2 Å². The maximum Gasteiger partial charge on any atom is 0.296 e. The maximum atomic E-state index is 11.2. The van der Waals surface area contributed by atoms with Crippen LogP contribution in [0.4, 0.5) is 5.69 Å². The van der Waals surface area contributed by atoms with Gasteiger partial charge in [0.1, 0.15) is 4.90 Å². The summed E-state index contributed by atoms with van der Waals surface area (Å²) in [6.45, 7) is 2.40. The van der Waals surface area contributed by atoms with Crippen LogP contribution in [-0.2, 0) is 14.9 Å². The first-order valence-corrected chi connectivity index (χ1v) is 6.42. The van der Waals surface area contributed by atoms with Crippen molar-refractivity contribution >= 4 is 15.8 Å². The highest BCUT2D eigenvalue weighted by Gasteiger charge is 2.20. The van der Waals surface area contributed by atoms with Gasteiger partial charge >= 0.3 is 0 Å². The Bertz CT molecular complexity index is 465. The monoisotopic (exact) mass is 243 g/mol. The zero-order valence-corrected chi connectivity index (χ0v) is 9.48. The van der Waals surface area contributed by atoms with Crippen LogP contribution in [0.3, 0.4) is 0 Å². The molecule has 0 bridgehead atoms. The summed E-state index contributed by atoms with van der Waals surface area (Å²) in [6, 6.07) is 6.43. The average Bonchev–Trinajstić information content (AvgIpc) is 2.29. The van der Waals surface area contributed by atoms with E-state index in [0.29, 0.717) is 32.0 Å². The third-order valence-corrected chi connectivity index (χ3v) is 3.40. The van der Waals surface area contributed by atoms with E-state index in [2.05, 4.69) is 0 Å². The van der Waals surface area contributed by atoms with Crippen LogP contribution in [0.5, 0.6) is 0 Å². The van der Waals surface area contributed by atoms with Crippen molar-refractivity contribution < 1.29 is 17.7 Å². The Kier molecular flexibility index (Phi) is 3.13. The third-order valence-electron chi connectivity index (χ3n) is 2.49. The fourth-order valence-corrected chi connectivity index (χ4v) is 2.45. The number of hydrogen-bond donors (Lipinski definition) is 1. The van der Waals surface area contributed by atoms with Crippen LogP contribution in [-0.4, -0.2) is 39.3 Å². The highest BCUT2D eigenvalue weighted by atomic mass is 32.2. The van der Waals surface area contributed by atoms with Crippen molar-refractivity contribution in [2.24, 2.45) is 0 Å². The van der Waals surface area contributed by atoms with E-state index in [-0.39, 0.29) is 4.90 Å². The van der Waals surface area contributed by atoms with E-state index >= 15 is 0 Å². The molecule has 0 aromatic heterocycles. The molecule has 1 aromatic rings. The first-order chi connectivity index (χ1) is 7.59. The highest BCUT2D eigenvalue weighted by molar-refractivity contribution is 7.86. The highest BCUT2D eigenvalue weighted by Crippen LogP contribution is 2.25. The standard InChI is InChI=1S/C10H13NO4S/c12-16(13,14)10-4-2-1-3-9(10)11-5-7-15-8-6-11/h1-4H,5-8H2,(H,12,13,14). The van der Waals surface area contributed by atoms with Crippen LogP contribution in [0, 0.1) is 0 Å². The molecule has 2 rings (SSSR count). The molecule has 0 spiro atoms. The molecule has 0 aliphatic carbocycles. The first kappa shape index (κ1) is 11.4. The minimum Gasteiger partial charge on any atom is -0.378 e. The molecule has 0 radical (unpaired) electrons. The number of benzene rings is 1. The van der Waals surface area contributed by atoms with Crippen LogP contribution < -0.4 is 4.90 Å². The second-order valence-corrected chi connectivity index (χ2v) is 4.93. The van der Waals surface area contributed by atoms with E-state index in [1.54, 1.807) is 18.2 Å². The molecular weight excluding hydrogens is 230 g/mol. The second-order valence-electron chi connectivity index (χ2n) is 3.54. The summed E-state index contributed by atoms with van der Waals surface area (Å²) in [5.74, 6) is 0. The summed E-state index contributed by atoms with van der Waals surface area (Å²) in [5.41, 5.74) is 0.535. The van der Waals surface area contributed by atoms with E-state index < -0.39 is 10.1 Å². The SMILES string of the molecule is O=S(=O)(O)c1ccccc1N1CCOCC1. The predicted octanol–water partition coefficient (Wildman–Crippen LogP) is 0.770. The van der Waals surface area contributed by atoms with Gasteiger partial charge in [-0.2, -0.15) is 8.42 Å². The molecule has 0 saturated carbocycles. The fraction of sp³-hybridized carbons (Fsp3) is 0.400. The number of para-hydroxylation sites is 1. The molecule has 5 nitrogen and oxygen atoms in total. The van der Waals surface area contributed by atoms with Crippen LogP contribution in [0.25, 0.3) is 0 Å². The largest absolute Gasteiger partial charge is 0.378 e. The van der Waals surface area contributed by atoms with Crippen molar-refractivity contribution in [2.45, 2.75) is 4.90 Å². The molecule has 1 aliphatic heterocycles. The topological polar surface area (TPSA) is 66.8 Å². The quantitative estimate of drug-likeness (QED) is 0.777. The van der Waals surface area contributed by atoms with Gasteiger partial charge in [0, 0.05) is 13.1 Å². The zero-order chi connectivity index (χ0) is 11.6. The minimum absolute atomic E-state index is 0.0445. The Morgan fingerprint density at radius 1 is 1.19 bits per heavy atom. The molecule has 1 heterocycles. The van der Waals surface area contributed by atoms with E-state index in [1.165, 1.54) is 6.07 Å². The molecule has 1 aromatic carbocycles. The minimum atomic E-state index is -4.17. The van der Waals surface area contributed by atoms with E-state index in [9.17, 15) is 8.42 Å². The molecule has 0 atom stereocenters. The van der Waals surface area contributed by atoms with Crippen LogP contribution in [0.2, 0.25) is 0 Å². The Morgan fingerprint density at radius 3 is 2.44 bits per heavy atom. The summed E-state index contributed by atoms with van der Waals surface area (Å²) in [7, 11) is -4.17. The molecular formula is C10H13NO4S. The molecule has 6 heteroatoms. The normalized spacial score (nSPS) is 17.4. The summed E-state index contributed by atoms with van der Waals surface area (Å²) >= 11 is 0. The number of anilines is 1. The lowest BCUT2D eigenvalue weighted by Crippen LogP contribution is -2.37. The van der Waals surface area contributed by atoms with E-state index in [0.717, 1.165) is 0 Å². The molecule has 1 saturated heterocycles. The number of morpholine rings is 1. The smallest absolute Gasteiger partial charge is 0.296 e. The molecule has 1 fully saturated rings. The van der Waals surface area contributed by atoms with Crippen molar-refractivity contribution in [3.8, 4) is 0 Å². The molecule has 1 N–H and O–H groups in total. The summed E-state index contributed by atoms with van der Waals surface area (Å²) < 4.78 is 36.7. The van der Waals surface area contributed by atoms with Crippen molar-refractivity contribution in [3.63, 3.8) is 0 Å². The molecule has 0 unspecified atom stereocenters. The lowest BCUT2D eigenvalue weighted by atomic mass is 10.2. The fourth-order valence-electron chi connectivity index (χ4n) is 1.74. The zero-order valence-electron chi connectivity index (χ0n) is 8.67. The second kappa shape index (κ2) is 4.40. The van der Waals surface area contributed by atoms with Crippen molar-refractivity contribution in [1.82, 2.24) is 0 Å². The average molecular weight is 243 g/mol. The number of rotatable bonds is 2. The predicted molar refractivity (Wildman–Crippen MR) is 59.3 cm³/mol. The Hall–Kier alpha value is -1.11. The van der Waals surface area contributed by atoms with E-state index in [4.69, 9.17) is 9.29 Å².